The fourth-order valence-electron chi connectivity index (χ4n) is 1.80. The fourth-order valence-corrected chi connectivity index (χ4v) is 2.06. The van der Waals surface area contributed by atoms with E-state index in [1.54, 1.807) is 6.07 Å². The van der Waals surface area contributed by atoms with Crippen LogP contribution >= 0.6 is 15.9 Å². The van der Waals surface area contributed by atoms with Gasteiger partial charge in [0.25, 0.3) is 0 Å². The van der Waals surface area contributed by atoms with Gasteiger partial charge in [0.15, 0.2) is 11.6 Å². The van der Waals surface area contributed by atoms with Crippen LogP contribution < -0.4 is 5.32 Å². The van der Waals surface area contributed by atoms with Gasteiger partial charge in [-0.25, -0.2) is 4.39 Å². The van der Waals surface area contributed by atoms with Crippen molar-refractivity contribution in [1.29, 1.82) is 0 Å². The molecule has 2 rings (SSSR count). The second-order valence-electron chi connectivity index (χ2n) is 4.44. The quantitative estimate of drug-likeness (QED) is 0.886. The van der Waals surface area contributed by atoms with Crippen molar-refractivity contribution < 1.29 is 9.50 Å². The van der Waals surface area contributed by atoms with E-state index in [1.807, 2.05) is 24.3 Å². The van der Waals surface area contributed by atoms with Gasteiger partial charge in [0.1, 0.15) is 0 Å². The second kappa shape index (κ2) is 6.17. The van der Waals surface area contributed by atoms with Crippen LogP contribution in [-0.2, 0) is 6.54 Å². The molecule has 2 aromatic rings. The molecule has 0 spiro atoms. The topological polar surface area (TPSA) is 32.3 Å². The maximum absolute atomic E-state index is 13.2. The first-order valence-electron chi connectivity index (χ1n) is 6.02. The largest absolute Gasteiger partial charge is 0.505 e. The molecule has 19 heavy (non-hydrogen) atoms. The van der Waals surface area contributed by atoms with Gasteiger partial charge in [-0.2, -0.15) is 0 Å². The number of benzene rings is 2. The van der Waals surface area contributed by atoms with Gasteiger partial charge in [0.2, 0.25) is 0 Å². The second-order valence-corrected chi connectivity index (χ2v) is 5.36. The van der Waals surface area contributed by atoms with Crippen molar-refractivity contribution in [2.45, 2.75) is 19.5 Å². The van der Waals surface area contributed by atoms with E-state index in [9.17, 15) is 4.39 Å². The monoisotopic (exact) mass is 323 g/mol. The first-order chi connectivity index (χ1) is 9.06. The van der Waals surface area contributed by atoms with Gasteiger partial charge in [0, 0.05) is 17.1 Å². The zero-order chi connectivity index (χ0) is 13.8. The Balaban J connectivity index is 1.98. The Bertz CT molecular complexity index is 557. The maximum Gasteiger partial charge on any atom is 0.165 e. The molecule has 0 amide bonds. The molecule has 2 nitrogen and oxygen atoms in total. The number of nitrogens with one attached hydrogen (secondary N) is 1. The molecule has 0 aromatic heterocycles. The summed E-state index contributed by atoms with van der Waals surface area (Å²) >= 11 is 3.40. The number of rotatable bonds is 4. The molecule has 0 aliphatic heterocycles. The van der Waals surface area contributed by atoms with Gasteiger partial charge in [-0.3, -0.25) is 0 Å². The van der Waals surface area contributed by atoms with E-state index < -0.39 is 5.82 Å². The molecule has 0 radical (unpaired) electrons. The van der Waals surface area contributed by atoms with E-state index in [2.05, 4.69) is 28.2 Å². The highest BCUT2D eigenvalue weighted by Gasteiger charge is 2.06. The Labute approximate surface area is 120 Å². The minimum atomic E-state index is -0.587. The third-order valence-corrected chi connectivity index (χ3v) is 3.52. The Kier molecular flexibility index (Phi) is 4.56. The predicted octanol–water partition coefficient (Wildman–Crippen LogP) is 4.14. The SMILES string of the molecule is CC(NCc1ccc(O)c(F)c1)c1ccc(Br)cc1. The molecule has 0 bridgehead atoms. The normalized spacial score (nSPS) is 12.4. The Morgan fingerprint density at radius 1 is 1.21 bits per heavy atom. The molecule has 0 fully saturated rings. The molecular weight excluding hydrogens is 309 g/mol. The summed E-state index contributed by atoms with van der Waals surface area (Å²) in [5.41, 5.74) is 1.97. The fraction of sp³-hybridized carbons (Fsp3) is 0.200. The van der Waals surface area contributed by atoms with Crippen molar-refractivity contribution in [2.24, 2.45) is 0 Å². The lowest BCUT2D eigenvalue weighted by Gasteiger charge is -2.14. The predicted molar refractivity (Wildman–Crippen MR) is 77.5 cm³/mol. The molecule has 1 atom stereocenters. The smallest absolute Gasteiger partial charge is 0.165 e. The van der Waals surface area contributed by atoms with Crippen molar-refractivity contribution >= 4 is 15.9 Å². The Hall–Kier alpha value is -1.39. The van der Waals surface area contributed by atoms with E-state index in [1.165, 1.54) is 17.7 Å². The van der Waals surface area contributed by atoms with Crippen LogP contribution in [0, 0.1) is 5.82 Å². The van der Waals surface area contributed by atoms with E-state index in [4.69, 9.17) is 5.11 Å². The highest BCUT2D eigenvalue weighted by molar-refractivity contribution is 9.10. The molecule has 2 aromatic carbocycles. The number of hydrogen-bond acceptors (Lipinski definition) is 2. The summed E-state index contributed by atoms with van der Waals surface area (Å²) in [7, 11) is 0. The molecule has 2 N–H and O–H groups in total. The average molecular weight is 324 g/mol. The van der Waals surface area contributed by atoms with Crippen LogP contribution in [0.1, 0.15) is 24.1 Å². The van der Waals surface area contributed by atoms with Crippen molar-refractivity contribution in [3.8, 4) is 5.75 Å². The number of hydrogen-bond donors (Lipinski definition) is 2. The Morgan fingerprint density at radius 3 is 2.53 bits per heavy atom. The van der Waals surface area contributed by atoms with Gasteiger partial charge >= 0.3 is 0 Å². The third-order valence-electron chi connectivity index (χ3n) is 2.99. The minimum Gasteiger partial charge on any atom is -0.505 e. The Morgan fingerprint density at radius 2 is 1.89 bits per heavy atom. The number of halogens is 2. The van der Waals surface area contributed by atoms with Crippen LogP contribution in [-0.4, -0.2) is 5.11 Å². The molecule has 4 heteroatoms. The highest BCUT2D eigenvalue weighted by Crippen LogP contribution is 2.19. The summed E-state index contributed by atoms with van der Waals surface area (Å²) < 4.78 is 14.2. The summed E-state index contributed by atoms with van der Waals surface area (Å²) in [6.45, 7) is 2.61. The van der Waals surface area contributed by atoms with Crippen LogP contribution in [0.25, 0.3) is 0 Å². The molecular formula is C15H15BrFNO. The molecule has 0 aliphatic rings. The van der Waals surface area contributed by atoms with Gasteiger partial charge in [-0.1, -0.05) is 34.1 Å². The van der Waals surface area contributed by atoms with Crippen LogP contribution in [0.3, 0.4) is 0 Å². The van der Waals surface area contributed by atoms with E-state index >= 15 is 0 Å². The minimum absolute atomic E-state index is 0.171. The van der Waals surface area contributed by atoms with Crippen LogP contribution in [0.15, 0.2) is 46.9 Å². The number of phenols is 1. The lowest BCUT2D eigenvalue weighted by atomic mass is 10.1. The maximum atomic E-state index is 13.2. The summed E-state index contributed by atoms with van der Waals surface area (Å²) in [6, 6.07) is 12.7. The van der Waals surface area contributed by atoms with Gasteiger partial charge in [-0.15, -0.1) is 0 Å². The average Bonchev–Trinajstić information content (AvgIpc) is 2.40. The third kappa shape index (κ3) is 3.78. The standard InChI is InChI=1S/C15H15BrFNO/c1-10(12-3-5-13(16)6-4-12)18-9-11-2-7-15(19)14(17)8-11/h2-8,10,18-19H,9H2,1H3. The molecule has 0 saturated carbocycles. The van der Waals surface area contributed by atoms with E-state index in [-0.39, 0.29) is 11.8 Å². The van der Waals surface area contributed by atoms with Crippen molar-refractivity contribution in [3.05, 3.63) is 63.9 Å². The van der Waals surface area contributed by atoms with E-state index in [0.717, 1.165) is 10.0 Å². The van der Waals surface area contributed by atoms with Crippen LogP contribution in [0.4, 0.5) is 4.39 Å². The zero-order valence-electron chi connectivity index (χ0n) is 10.5. The van der Waals surface area contributed by atoms with E-state index in [0.29, 0.717) is 6.54 Å². The van der Waals surface area contributed by atoms with Crippen molar-refractivity contribution in [2.75, 3.05) is 0 Å². The lowest BCUT2D eigenvalue weighted by Crippen LogP contribution is -2.18. The number of aromatic hydroxyl groups is 1. The van der Waals surface area contributed by atoms with Crippen molar-refractivity contribution in [3.63, 3.8) is 0 Å². The molecule has 0 saturated heterocycles. The summed E-state index contributed by atoms with van der Waals surface area (Å²) in [6.07, 6.45) is 0. The first kappa shape index (κ1) is 14.0. The molecule has 0 aliphatic carbocycles. The van der Waals surface area contributed by atoms with Crippen LogP contribution in [0.5, 0.6) is 5.75 Å². The molecule has 1 unspecified atom stereocenters. The zero-order valence-corrected chi connectivity index (χ0v) is 12.1. The molecule has 100 valence electrons. The summed E-state index contributed by atoms with van der Waals surface area (Å²) in [5, 5.41) is 12.4. The van der Waals surface area contributed by atoms with Gasteiger partial charge in [0.05, 0.1) is 0 Å². The van der Waals surface area contributed by atoms with Gasteiger partial charge < -0.3 is 10.4 Å². The first-order valence-corrected chi connectivity index (χ1v) is 6.82. The number of phenolic OH excluding ortho intramolecular Hbond substituents is 1. The lowest BCUT2D eigenvalue weighted by molar-refractivity contribution is 0.431. The van der Waals surface area contributed by atoms with Gasteiger partial charge in [-0.05, 0) is 42.3 Å². The summed E-state index contributed by atoms with van der Waals surface area (Å²) in [4.78, 5) is 0. The van der Waals surface area contributed by atoms with Crippen LogP contribution in [0.2, 0.25) is 0 Å². The summed E-state index contributed by atoms with van der Waals surface area (Å²) in [5.74, 6) is -0.902. The van der Waals surface area contributed by atoms with Crippen molar-refractivity contribution in [1.82, 2.24) is 5.32 Å². The molecule has 0 heterocycles. The highest BCUT2D eigenvalue weighted by atomic mass is 79.9.